The molecule has 2 aromatic rings. The van der Waals surface area contributed by atoms with Crippen LogP contribution in [0.15, 0.2) is 48.5 Å². The van der Waals surface area contributed by atoms with E-state index >= 15 is 0 Å². The van der Waals surface area contributed by atoms with Gasteiger partial charge in [0.25, 0.3) is 0 Å². The molecule has 1 amide bonds. The number of piperazine rings is 1. The predicted octanol–water partition coefficient (Wildman–Crippen LogP) is 1.96. The minimum atomic E-state index is 0.154. The second kappa shape index (κ2) is 9.47. The van der Waals surface area contributed by atoms with Crippen molar-refractivity contribution in [2.24, 2.45) is 0 Å². The van der Waals surface area contributed by atoms with E-state index in [0.29, 0.717) is 30.1 Å². The zero-order valence-corrected chi connectivity index (χ0v) is 17.6. The summed E-state index contributed by atoms with van der Waals surface area (Å²) in [7, 11) is 3.22. The van der Waals surface area contributed by atoms with Crippen molar-refractivity contribution in [3.8, 4) is 11.5 Å². The maximum Gasteiger partial charge on any atom is 0.227 e. The lowest BCUT2D eigenvalue weighted by atomic mass is 10.0. The van der Waals surface area contributed by atoms with Crippen molar-refractivity contribution in [3.63, 3.8) is 0 Å². The van der Waals surface area contributed by atoms with Crippen LogP contribution in [0.2, 0.25) is 0 Å². The van der Waals surface area contributed by atoms with Gasteiger partial charge in [-0.05, 0) is 29.7 Å². The van der Waals surface area contributed by atoms with Crippen LogP contribution in [-0.4, -0.2) is 62.3 Å². The molecule has 4 rings (SSSR count). The van der Waals surface area contributed by atoms with E-state index in [9.17, 15) is 4.79 Å². The molecule has 0 aliphatic carbocycles. The molecule has 2 fully saturated rings. The van der Waals surface area contributed by atoms with E-state index in [4.69, 9.17) is 9.47 Å². The summed E-state index contributed by atoms with van der Waals surface area (Å²) in [5, 5.41) is 0. The maximum absolute atomic E-state index is 12.8. The summed E-state index contributed by atoms with van der Waals surface area (Å²) in [4.78, 5) is 17.2. The van der Waals surface area contributed by atoms with Gasteiger partial charge in [-0.1, -0.05) is 36.4 Å². The third-order valence-corrected chi connectivity index (χ3v) is 6.00. The first-order valence-electron chi connectivity index (χ1n) is 10.5. The van der Waals surface area contributed by atoms with E-state index in [-0.39, 0.29) is 5.91 Å². The van der Waals surface area contributed by atoms with E-state index in [1.54, 1.807) is 14.2 Å². The highest BCUT2D eigenvalue weighted by Crippen LogP contribution is 2.28. The number of rotatable bonds is 6. The first-order valence-corrected chi connectivity index (χ1v) is 10.5. The zero-order valence-electron chi connectivity index (χ0n) is 17.6. The fraction of sp³-hybridized carbons (Fsp3) is 0.435. The number of nitrogens with one attached hydrogen (secondary N) is 2. The lowest BCUT2D eigenvalue weighted by molar-refractivity contribution is -0.132. The molecule has 0 aromatic heterocycles. The number of nitrogens with zero attached hydrogens (tertiary/aromatic N) is 2. The quantitative estimate of drug-likeness (QED) is 0.759. The molecule has 30 heavy (non-hydrogen) atoms. The lowest BCUT2D eigenvalue weighted by Gasteiger charge is -2.37. The molecule has 160 valence electrons. The number of hydrogen-bond donors (Lipinski definition) is 2. The van der Waals surface area contributed by atoms with E-state index in [1.165, 1.54) is 5.56 Å². The fourth-order valence-electron chi connectivity index (χ4n) is 4.24. The van der Waals surface area contributed by atoms with Crippen LogP contribution in [0.3, 0.4) is 0 Å². The van der Waals surface area contributed by atoms with Crippen LogP contribution in [0, 0.1) is 0 Å². The second-order valence-electron chi connectivity index (χ2n) is 7.79. The molecule has 0 radical (unpaired) electrons. The molecular formula is C23H30N4O3. The summed E-state index contributed by atoms with van der Waals surface area (Å²) < 4.78 is 10.6. The van der Waals surface area contributed by atoms with E-state index in [1.807, 2.05) is 29.2 Å². The Labute approximate surface area is 177 Å². The Balaban J connectivity index is 1.28. The lowest BCUT2D eigenvalue weighted by Crippen LogP contribution is -2.55. The predicted molar refractivity (Wildman–Crippen MR) is 115 cm³/mol. The van der Waals surface area contributed by atoms with Crippen molar-refractivity contribution in [3.05, 3.63) is 59.7 Å². The van der Waals surface area contributed by atoms with Gasteiger partial charge < -0.3 is 14.4 Å². The van der Waals surface area contributed by atoms with Crippen LogP contribution >= 0.6 is 0 Å². The molecule has 2 aliphatic rings. The van der Waals surface area contributed by atoms with Crippen molar-refractivity contribution >= 4 is 5.91 Å². The van der Waals surface area contributed by atoms with Gasteiger partial charge in [0.15, 0.2) is 11.5 Å². The summed E-state index contributed by atoms with van der Waals surface area (Å²) in [5.74, 6) is 1.48. The van der Waals surface area contributed by atoms with E-state index < -0.39 is 0 Å². The molecule has 0 spiro atoms. The summed E-state index contributed by atoms with van der Waals surface area (Å²) >= 11 is 0. The number of hydrazine groups is 1. The van der Waals surface area contributed by atoms with Crippen molar-refractivity contribution < 1.29 is 14.3 Å². The molecule has 7 heteroatoms. The number of amides is 1. The third-order valence-electron chi connectivity index (χ3n) is 6.00. The minimum absolute atomic E-state index is 0.154. The standard InChI is InChI=1S/C23H30N4O3/c1-29-20-9-8-17(14-21(20)30-2)15-23(28)27-12-10-26(11-13-27)22-16-19(24-25-22)18-6-4-3-5-7-18/h3-9,14,19,22,24-25H,10-13,15-16H2,1-2H3. The number of hydrogen-bond acceptors (Lipinski definition) is 6. The van der Waals surface area contributed by atoms with Crippen LogP contribution in [0.4, 0.5) is 0 Å². The topological polar surface area (TPSA) is 66.1 Å². The van der Waals surface area contributed by atoms with Crippen molar-refractivity contribution in [2.45, 2.75) is 25.0 Å². The first kappa shape index (κ1) is 20.7. The largest absolute Gasteiger partial charge is 0.493 e. The second-order valence-corrected chi connectivity index (χ2v) is 7.79. The summed E-state index contributed by atoms with van der Waals surface area (Å²) in [5.41, 5.74) is 9.08. The molecule has 2 N–H and O–H groups in total. The number of methoxy groups -OCH3 is 2. The highest BCUT2D eigenvalue weighted by molar-refractivity contribution is 5.79. The van der Waals surface area contributed by atoms with Gasteiger partial charge in [-0.3, -0.25) is 9.69 Å². The molecule has 0 bridgehead atoms. The SMILES string of the molecule is COc1ccc(CC(=O)N2CCN(C3CC(c4ccccc4)NN3)CC2)cc1OC. The van der Waals surface area contributed by atoms with Gasteiger partial charge in [0.2, 0.25) is 5.91 Å². The Morgan fingerprint density at radius 2 is 1.70 bits per heavy atom. The fourth-order valence-corrected chi connectivity index (χ4v) is 4.24. The Bertz CT molecular complexity index is 853. The highest BCUT2D eigenvalue weighted by Gasteiger charge is 2.32. The number of benzene rings is 2. The van der Waals surface area contributed by atoms with Crippen LogP contribution < -0.4 is 20.3 Å². The summed E-state index contributed by atoms with van der Waals surface area (Å²) in [6.07, 6.45) is 1.68. The molecule has 2 aromatic carbocycles. The molecule has 0 saturated carbocycles. The molecule has 2 unspecified atom stereocenters. The Morgan fingerprint density at radius 1 is 0.967 bits per heavy atom. The van der Waals surface area contributed by atoms with Gasteiger partial charge in [-0.25, -0.2) is 10.9 Å². The zero-order chi connectivity index (χ0) is 20.9. The smallest absolute Gasteiger partial charge is 0.227 e. The third kappa shape index (κ3) is 4.59. The average molecular weight is 411 g/mol. The molecule has 2 saturated heterocycles. The minimum Gasteiger partial charge on any atom is -0.493 e. The van der Waals surface area contributed by atoms with Crippen LogP contribution in [-0.2, 0) is 11.2 Å². The monoisotopic (exact) mass is 410 g/mol. The number of carbonyl (C=O) groups is 1. The average Bonchev–Trinajstić information content (AvgIpc) is 3.30. The molecule has 2 heterocycles. The van der Waals surface area contributed by atoms with Crippen LogP contribution in [0.5, 0.6) is 11.5 Å². The molecule has 2 atom stereocenters. The summed E-state index contributed by atoms with van der Waals surface area (Å²) in [6.45, 7) is 3.25. The van der Waals surface area contributed by atoms with Gasteiger partial charge in [0.1, 0.15) is 0 Å². The normalized spacial score (nSPS) is 22.1. The van der Waals surface area contributed by atoms with Crippen molar-refractivity contribution in [1.29, 1.82) is 0 Å². The van der Waals surface area contributed by atoms with E-state index in [0.717, 1.165) is 38.2 Å². The van der Waals surface area contributed by atoms with Crippen LogP contribution in [0.1, 0.15) is 23.6 Å². The van der Waals surface area contributed by atoms with Crippen molar-refractivity contribution in [2.75, 3.05) is 40.4 Å². The van der Waals surface area contributed by atoms with Gasteiger partial charge in [0.05, 0.1) is 26.8 Å². The Hall–Kier alpha value is -2.61. The first-order chi connectivity index (χ1) is 14.7. The van der Waals surface area contributed by atoms with E-state index in [2.05, 4.69) is 40.0 Å². The van der Waals surface area contributed by atoms with Gasteiger partial charge in [-0.15, -0.1) is 0 Å². The Morgan fingerprint density at radius 3 is 2.40 bits per heavy atom. The number of ether oxygens (including phenoxy) is 2. The van der Waals surface area contributed by atoms with Gasteiger partial charge in [0, 0.05) is 32.2 Å². The molecule has 2 aliphatic heterocycles. The molecule has 7 nitrogen and oxygen atoms in total. The van der Waals surface area contributed by atoms with Crippen LogP contribution in [0.25, 0.3) is 0 Å². The number of carbonyl (C=O) groups excluding carboxylic acids is 1. The van der Waals surface area contributed by atoms with Crippen molar-refractivity contribution in [1.82, 2.24) is 20.7 Å². The summed E-state index contributed by atoms with van der Waals surface area (Å²) in [6, 6.07) is 16.5. The van der Waals surface area contributed by atoms with Gasteiger partial charge >= 0.3 is 0 Å². The maximum atomic E-state index is 12.8. The Kier molecular flexibility index (Phi) is 6.52. The van der Waals surface area contributed by atoms with Gasteiger partial charge in [-0.2, -0.15) is 0 Å². The highest BCUT2D eigenvalue weighted by atomic mass is 16.5. The molecular weight excluding hydrogens is 380 g/mol.